The van der Waals surface area contributed by atoms with E-state index in [0.717, 1.165) is 25.5 Å². The molecule has 0 bridgehead atoms. The van der Waals surface area contributed by atoms with Crippen LogP contribution in [0.4, 0.5) is 8.78 Å². The van der Waals surface area contributed by atoms with Crippen LogP contribution < -0.4 is 10.1 Å². The SMILES string of the molecule is CCNC1CCCOc2c(F)c(F)cc(Br)c21. The molecule has 5 heteroatoms. The van der Waals surface area contributed by atoms with Gasteiger partial charge in [0.1, 0.15) is 0 Å². The van der Waals surface area contributed by atoms with E-state index < -0.39 is 11.6 Å². The highest BCUT2D eigenvalue weighted by atomic mass is 79.9. The van der Waals surface area contributed by atoms with Gasteiger partial charge in [0.2, 0.25) is 5.82 Å². The van der Waals surface area contributed by atoms with Gasteiger partial charge in [-0.3, -0.25) is 0 Å². The van der Waals surface area contributed by atoms with Gasteiger partial charge < -0.3 is 10.1 Å². The first-order valence-corrected chi connectivity index (χ1v) is 6.48. The zero-order valence-electron chi connectivity index (χ0n) is 9.53. The molecule has 1 N–H and O–H groups in total. The highest BCUT2D eigenvalue weighted by molar-refractivity contribution is 9.10. The third-order valence-electron chi connectivity index (χ3n) is 2.85. The van der Waals surface area contributed by atoms with E-state index in [1.807, 2.05) is 6.92 Å². The summed E-state index contributed by atoms with van der Waals surface area (Å²) in [5, 5.41) is 3.27. The second kappa shape index (κ2) is 5.31. The van der Waals surface area contributed by atoms with E-state index in [0.29, 0.717) is 16.6 Å². The number of halogens is 3. The first-order valence-electron chi connectivity index (χ1n) is 5.68. The van der Waals surface area contributed by atoms with Gasteiger partial charge in [-0.15, -0.1) is 0 Å². The number of rotatable bonds is 2. The van der Waals surface area contributed by atoms with Gasteiger partial charge in [0.05, 0.1) is 6.61 Å². The number of fused-ring (bicyclic) bond motifs is 1. The van der Waals surface area contributed by atoms with E-state index in [1.165, 1.54) is 0 Å². The molecule has 17 heavy (non-hydrogen) atoms. The molecule has 1 aromatic rings. The van der Waals surface area contributed by atoms with Gasteiger partial charge in [-0.25, -0.2) is 4.39 Å². The molecule has 0 aliphatic carbocycles. The second-order valence-electron chi connectivity index (χ2n) is 4.00. The fourth-order valence-corrected chi connectivity index (χ4v) is 2.77. The zero-order valence-corrected chi connectivity index (χ0v) is 11.1. The van der Waals surface area contributed by atoms with Gasteiger partial charge in [-0.05, 0) is 25.5 Å². The van der Waals surface area contributed by atoms with Crippen LogP contribution in [0.5, 0.6) is 5.75 Å². The first kappa shape index (κ1) is 12.8. The average molecular weight is 306 g/mol. The summed E-state index contributed by atoms with van der Waals surface area (Å²) in [5.41, 5.74) is 0.684. The number of hydrogen-bond acceptors (Lipinski definition) is 2. The molecule has 1 unspecified atom stereocenters. The Morgan fingerprint density at radius 2 is 2.29 bits per heavy atom. The first-order chi connectivity index (χ1) is 8.15. The molecule has 0 saturated carbocycles. The lowest BCUT2D eigenvalue weighted by molar-refractivity contribution is 0.295. The van der Waals surface area contributed by atoms with Gasteiger partial charge in [0.15, 0.2) is 11.6 Å². The van der Waals surface area contributed by atoms with Crippen LogP contribution in [-0.4, -0.2) is 13.2 Å². The van der Waals surface area contributed by atoms with Crippen LogP contribution in [0, 0.1) is 11.6 Å². The highest BCUT2D eigenvalue weighted by Crippen LogP contribution is 2.39. The minimum atomic E-state index is -0.895. The topological polar surface area (TPSA) is 21.3 Å². The van der Waals surface area contributed by atoms with Crippen molar-refractivity contribution in [2.45, 2.75) is 25.8 Å². The third-order valence-corrected chi connectivity index (χ3v) is 3.50. The van der Waals surface area contributed by atoms with Gasteiger partial charge in [0, 0.05) is 16.1 Å². The molecule has 0 aromatic heterocycles. The van der Waals surface area contributed by atoms with Gasteiger partial charge in [-0.1, -0.05) is 22.9 Å². The molecule has 0 saturated heterocycles. The number of benzene rings is 1. The Balaban J connectivity index is 2.53. The van der Waals surface area contributed by atoms with Gasteiger partial charge in [0.25, 0.3) is 0 Å². The van der Waals surface area contributed by atoms with E-state index in [9.17, 15) is 8.78 Å². The van der Waals surface area contributed by atoms with Crippen LogP contribution in [0.15, 0.2) is 10.5 Å². The van der Waals surface area contributed by atoms with Gasteiger partial charge >= 0.3 is 0 Å². The van der Waals surface area contributed by atoms with Crippen molar-refractivity contribution in [2.24, 2.45) is 0 Å². The standard InChI is InChI=1S/C12H14BrF2NO/c1-2-16-9-4-3-5-17-12-10(9)7(13)6-8(14)11(12)15/h6,9,16H,2-5H2,1H3. The van der Waals surface area contributed by atoms with Crippen molar-refractivity contribution >= 4 is 15.9 Å². The summed E-state index contributed by atoms with van der Waals surface area (Å²) in [6.07, 6.45) is 1.67. The van der Waals surface area contributed by atoms with Crippen LogP contribution in [0.1, 0.15) is 31.4 Å². The van der Waals surface area contributed by atoms with Crippen LogP contribution >= 0.6 is 15.9 Å². The summed E-state index contributed by atoms with van der Waals surface area (Å²) >= 11 is 3.29. The van der Waals surface area contributed by atoms with Crippen LogP contribution in [-0.2, 0) is 0 Å². The Bertz CT molecular complexity index is 425. The summed E-state index contributed by atoms with van der Waals surface area (Å²) in [7, 11) is 0. The Morgan fingerprint density at radius 3 is 3.00 bits per heavy atom. The van der Waals surface area contributed by atoms with E-state index in [-0.39, 0.29) is 11.8 Å². The second-order valence-corrected chi connectivity index (χ2v) is 4.85. The molecule has 94 valence electrons. The number of hydrogen-bond donors (Lipinski definition) is 1. The van der Waals surface area contributed by atoms with Crippen LogP contribution in [0.2, 0.25) is 0 Å². The minimum Gasteiger partial charge on any atom is -0.490 e. The molecule has 1 atom stereocenters. The summed E-state index contributed by atoms with van der Waals surface area (Å²) in [5.74, 6) is -1.74. The molecule has 1 aliphatic rings. The monoisotopic (exact) mass is 305 g/mol. The Morgan fingerprint density at radius 1 is 1.53 bits per heavy atom. The molecule has 0 fully saturated rings. The quantitative estimate of drug-likeness (QED) is 0.844. The molecule has 1 heterocycles. The molecule has 1 aliphatic heterocycles. The molecule has 0 amide bonds. The Kier molecular flexibility index (Phi) is 3.99. The molecule has 0 radical (unpaired) electrons. The fourth-order valence-electron chi connectivity index (χ4n) is 2.11. The molecule has 2 nitrogen and oxygen atoms in total. The summed E-state index contributed by atoms with van der Waals surface area (Å²) in [6.45, 7) is 3.18. The maximum atomic E-state index is 13.7. The van der Waals surface area contributed by atoms with Crippen molar-refractivity contribution in [1.29, 1.82) is 0 Å². The lowest BCUT2D eigenvalue weighted by atomic mass is 10.0. The fraction of sp³-hybridized carbons (Fsp3) is 0.500. The van der Waals surface area contributed by atoms with Crippen molar-refractivity contribution in [3.05, 3.63) is 27.7 Å². The molecule has 0 spiro atoms. The largest absolute Gasteiger partial charge is 0.490 e. The average Bonchev–Trinajstić information content (AvgIpc) is 2.50. The number of nitrogens with one attached hydrogen (secondary N) is 1. The summed E-state index contributed by atoms with van der Waals surface area (Å²) in [6, 6.07) is 1.16. The molecule has 2 rings (SSSR count). The maximum absolute atomic E-state index is 13.7. The van der Waals surface area contributed by atoms with Crippen molar-refractivity contribution < 1.29 is 13.5 Å². The lowest BCUT2D eigenvalue weighted by Gasteiger charge is -2.19. The minimum absolute atomic E-state index is 0.00183. The van der Waals surface area contributed by atoms with Crippen LogP contribution in [0.25, 0.3) is 0 Å². The normalized spacial score (nSPS) is 19.4. The van der Waals surface area contributed by atoms with E-state index in [4.69, 9.17) is 4.74 Å². The molecule has 1 aromatic carbocycles. The lowest BCUT2D eigenvalue weighted by Crippen LogP contribution is -2.21. The van der Waals surface area contributed by atoms with Gasteiger partial charge in [-0.2, -0.15) is 4.39 Å². The highest BCUT2D eigenvalue weighted by Gasteiger charge is 2.26. The Labute approximate surface area is 107 Å². The van der Waals surface area contributed by atoms with E-state index in [2.05, 4.69) is 21.2 Å². The summed E-state index contributed by atoms with van der Waals surface area (Å²) in [4.78, 5) is 0. The molecular formula is C12H14BrF2NO. The predicted octanol–water partition coefficient (Wildman–Crippen LogP) is 3.55. The molecular weight excluding hydrogens is 292 g/mol. The maximum Gasteiger partial charge on any atom is 0.201 e. The van der Waals surface area contributed by atoms with Crippen molar-refractivity contribution in [1.82, 2.24) is 5.32 Å². The third kappa shape index (κ3) is 2.45. The smallest absolute Gasteiger partial charge is 0.201 e. The van der Waals surface area contributed by atoms with Crippen molar-refractivity contribution in [3.63, 3.8) is 0 Å². The van der Waals surface area contributed by atoms with E-state index >= 15 is 0 Å². The number of ether oxygens (including phenoxy) is 1. The van der Waals surface area contributed by atoms with Crippen molar-refractivity contribution in [3.8, 4) is 5.75 Å². The van der Waals surface area contributed by atoms with Crippen LogP contribution in [0.3, 0.4) is 0 Å². The van der Waals surface area contributed by atoms with E-state index in [1.54, 1.807) is 0 Å². The Hall–Kier alpha value is -0.680. The van der Waals surface area contributed by atoms with Crippen molar-refractivity contribution in [2.75, 3.05) is 13.2 Å². The summed E-state index contributed by atoms with van der Waals surface area (Å²) < 4.78 is 32.9. The zero-order chi connectivity index (χ0) is 12.4. The predicted molar refractivity (Wildman–Crippen MR) is 65.2 cm³/mol.